The molecule has 3 rings (SSSR count). The van der Waals surface area contributed by atoms with E-state index < -0.39 is 0 Å². The van der Waals surface area contributed by atoms with Crippen LogP contribution in [0.4, 0.5) is 0 Å². The molecular formula is C17H24N2O3. The number of nitrogens with zero attached hydrogens (tertiary/aromatic N) is 2. The first-order valence-corrected chi connectivity index (χ1v) is 8.07. The van der Waals surface area contributed by atoms with E-state index in [1.54, 1.807) is 0 Å². The van der Waals surface area contributed by atoms with Gasteiger partial charge in [-0.1, -0.05) is 30.3 Å². The van der Waals surface area contributed by atoms with E-state index in [1.807, 2.05) is 23.1 Å². The highest BCUT2D eigenvalue weighted by molar-refractivity contribution is 5.76. The van der Waals surface area contributed by atoms with Crippen LogP contribution in [0.2, 0.25) is 0 Å². The lowest BCUT2D eigenvalue weighted by Crippen LogP contribution is -2.44. The molecule has 0 aliphatic carbocycles. The predicted molar refractivity (Wildman–Crippen MR) is 83.6 cm³/mol. The molecule has 0 radical (unpaired) electrons. The first-order chi connectivity index (χ1) is 10.8. The quantitative estimate of drug-likeness (QED) is 0.841. The Morgan fingerprint density at radius 3 is 2.64 bits per heavy atom. The van der Waals surface area contributed by atoms with Gasteiger partial charge in [-0.05, 0) is 5.56 Å². The van der Waals surface area contributed by atoms with Gasteiger partial charge in [0.05, 0.1) is 25.9 Å². The Hall–Kier alpha value is -1.43. The van der Waals surface area contributed by atoms with Crippen molar-refractivity contribution in [3.05, 3.63) is 35.9 Å². The third-order valence-electron chi connectivity index (χ3n) is 4.33. The molecule has 2 saturated heterocycles. The third-order valence-corrected chi connectivity index (χ3v) is 4.33. The SMILES string of the molecule is O=C(CCN1CCO[C@@H](c2ccccc2)C1)N1CCOCC1. The summed E-state index contributed by atoms with van der Waals surface area (Å²) in [6, 6.07) is 10.3. The standard InChI is InChI=1S/C17H24N2O3/c20-17(19-9-11-21-12-10-19)6-7-18-8-13-22-16(14-18)15-4-2-1-3-5-15/h1-5,16H,6-14H2/t16-/m1/s1. The summed E-state index contributed by atoms with van der Waals surface area (Å²) in [4.78, 5) is 16.5. The molecule has 22 heavy (non-hydrogen) atoms. The van der Waals surface area contributed by atoms with Gasteiger partial charge in [0.1, 0.15) is 0 Å². The van der Waals surface area contributed by atoms with Crippen LogP contribution in [-0.2, 0) is 14.3 Å². The van der Waals surface area contributed by atoms with Crippen LogP contribution in [-0.4, -0.2) is 68.3 Å². The second kappa shape index (κ2) is 7.72. The monoisotopic (exact) mass is 304 g/mol. The highest BCUT2D eigenvalue weighted by Crippen LogP contribution is 2.21. The molecule has 120 valence electrons. The number of carbonyl (C=O) groups excluding carboxylic acids is 1. The van der Waals surface area contributed by atoms with Crippen molar-refractivity contribution in [1.82, 2.24) is 9.80 Å². The van der Waals surface area contributed by atoms with Gasteiger partial charge in [0.25, 0.3) is 0 Å². The Morgan fingerprint density at radius 2 is 1.86 bits per heavy atom. The number of amides is 1. The third kappa shape index (κ3) is 4.06. The number of benzene rings is 1. The fourth-order valence-electron chi connectivity index (χ4n) is 3.00. The van der Waals surface area contributed by atoms with Gasteiger partial charge in [-0.15, -0.1) is 0 Å². The minimum atomic E-state index is 0.119. The number of hydrogen-bond acceptors (Lipinski definition) is 4. The lowest BCUT2D eigenvalue weighted by Gasteiger charge is -2.34. The molecule has 1 aromatic rings. The second-order valence-corrected chi connectivity index (χ2v) is 5.81. The van der Waals surface area contributed by atoms with E-state index in [4.69, 9.17) is 9.47 Å². The molecule has 1 aromatic carbocycles. The van der Waals surface area contributed by atoms with Crippen LogP contribution < -0.4 is 0 Å². The zero-order valence-corrected chi connectivity index (χ0v) is 12.9. The van der Waals surface area contributed by atoms with Gasteiger partial charge in [-0.3, -0.25) is 9.69 Å². The fourth-order valence-corrected chi connectivity index (χ4v) is 3.00. The molecule has 0 spiro atoms. The molecule has 0 unspecified atom stereocenters. The van der Waals surface area contributed by atoms with Gasteiger partial charge in [-0.2, -0.15) is 0 Å². The van der Waals surface area contributed by atoms with Crippen molar-refractivity contribution >= 4 is 5.91 Å². The van der Waals surface area contributed by atoms with Crippen molar-refractivity contribution in [2.24, 2.45) is 0 Å². The summed E-state index contributed by atoms with van der Waals surface area (Å²) in [5.41, 5.74) is 1.21. The smallest absolute Gasteiger partial charge is 0.224 e. The van der Waals surface area contributed by atoms with Gasteiger partial charge >= 0.3 is 0 Å². The summed E-state index contributed by atoms with van der Waals surface area (Å²) in [7, 11) is 0. The molecule has 2 aliphatic heterocycles. The number of morpholine rings is 2. The Kier molecular flexibility index (Phi) is 5.43. The summed E-state index contributed by atoms with van der Waals surface area (Å²) < 4.78 is 11.2. The van der Waals surface area contributed by atoms with Crippen molar-refractivity contribution in [3.8, 4) is 0 Å². The van der Waals surface area contributed by atoms with Crippen molar-refractivity contribution in [2.45, 2.75) is 12.5 Å². The number of hydrogen-bond donors (Lipinski definition) is 0. The maximum atomic E-state index is 12.2. The van der Waals surface area contributed by atoms with Crippen LogP contribution in [0.15, 0.2) is 30.3 Å². The lowest BCUT2D eigenvalue weighted by molar-refractivity contribution is -0.136. The molecule has 1 amide bonds. The highest BCUT2D eigenvalue weighted by Gasteiger charge is 2.23. The van der Waals surface area contributed by atoms with E-state index >= 15 is 0 Å². The first-order valence-electron chi connectivity index (χ1n) is 8.07. The average molecular weight is 304 g/mol. The molecule has 5 nitrogen and oxygen atoms in total. The molecular weight excluding hydrogens is 280 g/mol. The molecule has 2 heterocycles. The van der Waals surface area contributed by atoms with E-state index in [0.717, 1.165) is 39.3 Å². The minimum Gasteiger partial charge on any atom is -0.378 e. The number of ether oxygens (including phenoxy) is 2. The van der Waals surface area contributed by atoms with Crippen molar-refractivity contribution in [1.29, 1.82) is 0 Å². The average Bonchev–Trinajstić information content (AvgIpc) is 2.61. The molecule has 2 aliphatic rings. The Morgan fingerprint density at radius 1 is 1.09 bits per heavy atom. The van der Waals surface area contributed by atoms with Crippen LogP contribution in [0.25, 0.3) is 0 Å². The van der Waals surface area contributed by atoms with Crippen LogP contribution in [0, 0.1) is 0 Å². The van der Waals surface area contributed by atoms with Crippen LogP contribution in [0.1, 0.15) is 18.1 Å². The van der Waals surface area contributed by atoms with Gasteiger partial charge in [0.15, 0.2) is 0 Å². The summed E-state index contributed by atoms with van der Waals surface area (Å²) in [5, 5.41) is 0. The molecule has 1 atom stereocenters. The predicted octanol–water partition coefficient (Wildman–Crippen LogP) is 1.31. The molecule has 0 aromatic heterocycles. The summed E-state index contributed by atoms with van der Waals surface area (Å²) in [6.45, 7) is 6.09. The minimum absolute atomic E-state index is 0.119. The number of rotatable bonds is 4. The molecule has 0 bridgehead atoms. The zero-order valence-electron chi connectivity index (χ0n) is 12.9. The van der Waals surface area contributed by atoms with E-state index in [1.165, 1.54) is 5.56 Å². The van der Waals surface area contributed by atoms with Crippen molar-refractivity contribution in [2.75, 3.05) is 52.5 Å². The van der Waals surface area contributed by atoms with E-state index in [0.29, 0.717) is 19.6 Å². The summed E-state index contributed by atoms with van der Waals surface area (Å²) >= 11 is 0. The van der Waals surface area contributed by atoms with Crippen molar-refractivity contribution in [3.63, 3.8) is 0 Å². The number of carbonyl (C=O) groups is 1. The Labute approximate surface area is 131 Å². The van der Waals surface area contributed by atoms with Gasteiger partial charge in [0, 0.05) is 39.1 Å². The molecule has 5 heteroatoms. The molecule has 2 fully saturated rings. The van der Waals surface area contributed by atoms with Crippen molar-refractivity contribution < 1.29 is 14.3 Å². The molecule has 0 N–H and O–H groups in total. The largest absolute Gasteiger partial charge is 0.378 e. The van der Waals surface area contributed by atoms with E-state index in [2.05, 4.69) is 17.0 Å². The van der Waals surface area contributed by atoms with E-state index in [-0.39, 0.29) is 12.0 Å². The van der Waals surface area contributed by atoms with Crippen LogP contribution in [0.5, 0.6) is 0 Å². The lowest BCUT2D eigenvalue weighted by atomic mass is 10.1. The van der Waals surface area contributed by atoms with Gasteiger partial charge in [-0.25, -0.2) is 0 Å². The normalized spacial score (nSPS) is 23.5. The molecule has 0 saturated carbocycles. The van der Waals surface area contributed by atoms with Gasteiger partial charge in [0.2, 0.25) is 5.91 Å². The summed E-state index contributed by atoms with van der Waals surface area (Å²) in [5.74, 6) is 0.242. The maximum Gasteiger partial charge on any atom is 0.224 e. The fraction of sp³-hybridized carbons (Fsp3) is 0.588. The topological polar surface area (TPSA) is 42.0 Å². The van der Waals surface area contributed by atoms with Gasteiger partial charge < -0.3 is 14.4 Å². The zero-order chi connectivity index (χ0) is 15.2. The van der Waals surface area contributed by atoms with E-state index in [9.17, 15) is 4.79 Å². The Bertz CT molecular complexity index is 474. The van der Waals surface area contributed by atoms with Crippen LogP contribution >= 0.6 is 0 Å². The van der Waals surface area contributed by atoms with Crippen LogP contribution in [0.3, 0.4) is 0 Å². The first kappa shape index (κ1) is 15.5. The maximum absolute atomic E-state index is 12.2. The second-order valence-electron chi connectivity index (χ2n) is 5.81. The highest BCUT2D eigenvalue weighted by atomic mass is 16.5. The Balaban J connectivity index is 1.47. The summed E-state index contributed by atoms with van der Waals surface area (Å²) in [6.07, 6.45) is 0.704.